The number of hydrogen-bond acceptors (Lipinski definition) is 6. The van der Waals surface area contributed by atoms with Gasteiger partial charge in [0.15, 0.2) is 5.69 Å². The monoisotopic (exact) mass is 309 g/mol. The van der Waals surface area contributed by atoms with Crippen LogP contribution in [0, 0.1) is 0 Å². The van der Waals surface area contributed by atoms with E-state index >= 15 is 0 Å². The van der Waals surface area contributed by atoms with Crippen molar-refractivity contribution in [1.82, 2.24) is 4.98 Å². The molecule has 1 fully saturated rings. The second-order valence-electron chi connectivity index (χ2n) is 5.12. The molecule has 6 nitrogen and oxygen atoms in total. The molecule has 22 heavy (non-hydrogen) atoms. The van der Waals surface area contributed by atoms with E-state index in [-0.39, 0.29) is 11.8 Å². The minimum Gasteiger partial charge on any atom is -0.481 e. The zero-order valence-corrected chi connectivity index (χ0v) is 14.3. The van der Waals surface area contributed by atoms with E-state index in [0.717, 1.165) is 0 Å². The molecular formula is C15H24BNO5. The van der Waals surface area contributed by atoms with Crippen LogP contribution in [0.15, 0.2) is 12.1 Å². The Balaban J connectivity index is 0.00000116. The number of nitrogens with zero attached hydrogens (tertiary/aromatic N) is 1. The molecule has 1 aliphatic rings. The van der Waals surface area contributed by atoms with Gasteiger partial charge in [-0.2, -0.15) is 0 Å². The Bertz CT molecular complexity index is 521. The first-order valence-corrected chi connectivity index (χ1v) is 7.35. The molecule has 1 aromatic rings. The normalized spacial score (nSPS) is 19.2. The Morgan fingerprint density at radius 3 is 2.41 bits per heavy atom. The lowest BCUT2D eigenvalue weighted by Crippen LogP contribution is -2.36. The number of ether oxygens (including phenoxy) is 2. The van der Waals surface area contributed by atoms with Crippen LogP contribution in [-0.2, 0) is 14.0 Å². The van der Waals surface area contributed by atoms with Crippen LogP contribution in [0.3, 0.4) is 0 Å². The van der Waals surface area contributed by atoms with Gasteiger partial charge in [-0.1, -0.05) is 19.9 Å². The van der Waals surface area contributed by atoms with E-state index in [1.807, 2.05) is 34.6 Å². The van der Waals surface area contributed by atoms with Gasteiger partial charge in [0.1, 0.15) is 0 Å². The van der Waals surface area contributed by atoms with Gasteiger partial charge in [-0.15, -0.1) is 0 Å². The lowest BCUT2D eigenvalue weighted by atomic mass is 9.79. The predicted molar refractivity (Wildman–Crippen MR) is 84.6 cm³/mol. The van der Waals surface area contributed by atoms with Gasteiger partial charge in [-0.05, 0) is 26.8 Å². The summed E-state index contributed by atoms with van der Waals surface area (Å²) in [5.74, 6) is -0.223. The Hall–Kier alpha value is -1.60. The molecule has 0 bridgehead atoms. The predicted octanol–water partition coefficient (Wildman–Crippen LogP) is 1.81. The molecule has 1 aromatic heterocycles. The van der Waals surface area contributed by atoms with Gasteiger partial charge in [0.2, 0.25) is 5.88 Å². The second kappa shape index (κ2) is 7.60. The van der Waals surface area contributed by atoms with Crippen LogP contribution < -0.4 is 10.2 Å². The number of esters is 1. The van der Waals surface area contributed by atoms with Gasteiger partial charge in [-0.3, -0.25) is 0 Å². The Morgan fingerprint density at radius 2 is 1.95 bits per heavy atom. The largest absolute Gasteiger partial charge is 0.500 e. The molecule has 122 valence electrons. The Kier molecular flexibility index (Phi) is 6.38. The van der Waals surface area contributed by atoms with Crippen molar-refractivity contribution < 1.29 is 23.6 Å². The van der Waals surface area contributed by atoms with Crippen LogP contribution in [0.1, 0.15) is 45.1 Å². The number of pyridine rings is 1. The summed E-state index contributed by atoms with van der Waals surface area (Å²) in [5.41, 5.74) is 0.437. The molecule has 1 aliphatic heterocycles. The first kappa shape index (κ1) is 18.5. The van der Waals surface area contributed by atoms with Crippen molar-refractivity contribution >= 4 is 18.6 Å². The van der Waals surface area contributed by atoms with Crippen LogP contribution >= 0.6 is 0 Å². The standard InChI is InChI=1S/C13H18BNO5.C2H6/c1-8-13(2,3)20-14(19-8)9-6-7-10(12(16)18-5)15-11(9)17-4;1-2/h6-8H,1-5H3;1-2H3. The van der Waals surface area contributed by atoms with Gasteiger partial charge < -0.3 is 18.8 Å². The van der Waals surface area contributed by atoms with E-state index in [2.05, 4.69) is 9.72 Å². The molecular weight excluding hydrogens is 285 g/mol. The number of rotatable bonds is 3. The molecule has 0 spiro atoms. The van der Waals surface area contributed by atoms with Crippen molar-refractivity contribution in [2.24, 2.45) is 0 Å². The van der Waals surface area contributed by atoms with Gasteiger partial charge in [-0.25, -0.2) is 9.78 Å². The minimum absolute atomic E-state index is 0.0579. The van der Waals surface area contributed by atoms with Gasteiger partial charge in [0, 0.05) is 5.46 Å². The molecule has 2 rings (SSSR count). The topological polar surface area (TPSA) is 66.9 Å². The Morgan fingerprint density at radius 1 is 1.32 bits per heavy atom. The molecule has 7 heteroatoms. The fraction of sp³-hybridized carbons (Fsp3) is 0.600. The van der Waals surface area contributed by atoms with E-state index in [0.29, 0.717) is 11.3 Å². The van der Waals surface area contributed by atoms with Crippen molar-refractivity contribution in [3.8, 4) is 5.88 Å². The second-order valence-corrected chi connectivity index (χ2v) is 5.12. The lowest BCUT2D eigenvalue weighted by molar-refractivity contribution is 0.0593. The van der Waals surface area contributed by atoms with Crippen LogP contribution in [0.5, 0.6) is 5.88 Å². The van der Waals surface area contributed by atoms with Gasteiger partial charge in [0.25, 0.3) is 0 Å². The zero-order chi connectivity index (χ0) is 16.9. The average Bonchev–Trinajstić information content (AvgIpc) is 2.81. The summed E-state index contributed by atoms with van der Waals surface area (Å²) in [4.78, 5) is 15.6. The highest BCUT2D eigenvalue weighted by Crippen LogP contribution is 2.27. The molecule has 1 unspecified atom stereocenters. The maximum Gasteiger partial charge on any atom is 0.500 e. The number of methoxy groups -OCH3 is 2. The van der Waals surface area contributed by atoms with Crippen molar-refractivity contribution in [2.45, 2.75) is 46.3 Å². The highest BCUT2D eigenvalue weighted by Gasteiger charge is 2.45. The third-order valence-corrected chi connectivity index (χ3v) is 3.45. The molecule has 0 radical (unpaired) electrons. The Labute approximate surface area is 132 Å². The number of carbonyl (C=O) groups is 1. The highest BCUT2D eigenvalue weighted by molar-refractivity contribution is 6.62. The number of aromatic nitrogens is 1. The van der Waals surface area contributed by atoms with Crippen molar-refractivity contribution in [2.75, 3.05) is 14.2 Å². The third-order valence-electron chi connectivity index (χ3n) is 3.45. The fourth-order valence-electron chi connectivity index (χ4n) is 1.90. The third kappa shape index (κ3) is 3.78. The molecule has 0 N–H and O–H groups in total. The summed E-state index contributed by atoms with van der Waals surface area (Å²) in [5, 5.41) is 0. The number of carbonyl (C=O) groups excluding carboxylic acids is 1. The summed E-state index contributed by atoms with van der Waals surface area (Å²) in [6.45, 7) is 9.86. The summed E-state index contributed by atoms with van der Waals surface area (Å²) < 4.78 is 21.5. The lowest BCUT2D eigenvalue weighted by Gasteiger charge is -2.21. The van der Waals surface area contributed by atoms with Crippen LogP contribution in [-0.4, -0.2) is 44.0 Å². The molecule has 0 aliphatic carbocycles. The first-order chi connectivity index (χ1) is 10.4. The van der Waals surface area contributed by atoms with Crippen LogP contribution in [0.2, 0.25) is 0 Å². The molecule has 0 aromatic carbocycles. The van der Waals surface area contributed by atoms with E-state index in [1.165, 1.54) is 14.2 Å². The zero-order valence-electron chi connectivity index (χ0n) is 14.3. The van der Waals surface area contributed by atoms with Crippen molar-refractivity contribution in [1.29, 1.82) is 0 Å². The molecule has 2 heterocycles. The van der Waals surface area contributed by atoms with E-state index < -0.39 is 18.7 Å². The van der Waals surface area contributed by atoms with E-state index in [9.17, 15) is 4.79 Å². The average molecular weight is 309 g/mol. The summed E-state index contributed by atoms with van der Waals surface area (Å²) in [6.07, 6.45) is -0.0579. The van der Waals surface area contributed by atoms with Crippen molar-refractivity contribution in [3.63, 3.8) is 0 Å². The maximum absolute atomic E-state index is 11.5. The molecule has 1 atom stereocenters. The SMILES string of the molecule is CC.COC(=O)c1ccc(B2OC(C)C(C)(C)O2)c(OC)n1. The fourth-order valence-corrected chi connectivity index (χ4v) is 1.90. The smallest absolute Gasteiger partial charge is 0.481 e. The van der Waals surface area contributed by atoms with E-state index in [4.69, 9.17) is 14.0 Å². The number of hydrogen-bond donors (Lipinski definition) is 0. The summed E-state index contributed by atoms with van der Waals surface area (Å²) in [7, 11) is 2.22. The first-order valence-electron chi connectivity index (χ1n) is 7.35. The van der Waals surface area contributed by atoms with Crippen molar-refractivity contribution in [3.05, 3.63) is 17.8 Å². The molecule has 0 amide bonds. The quantitative estimate of drug-likeness (QED) is 0.627. The summed E-state index contributed by atoms with van der Waals surface area (Å²) in [6, 6.07) is 3.27. The maximum atomic E-state index is 11.5. The highest BCUT2D eigenvalue weighted by atomic mass is 16.7. The van der Waals surface area contributed by atoms with Gasteiger partial charge >= 0.3 is 13.1 Å². The van der Waals surface area contributed by atoms with Crippen LogP contribution in [0.25, 0.3) is 0 Å². The molecule has 0 saturated carbocycles. The summed E-state index contributed by atoms with van der Waals surface area (Å²) >= 11 is 0. The minimum atomic E-state index is -0.561. The van der Waals surface area contributed by atoms with Gasteiger partial charge in [0.05, 0.1) is 25.9 Å². The van der Waals surface area contributed by atoms with Crippen LogP contribution in [0.4, 0.5) is 0 Å². The van der Waals surface area contributed by atoms with E-state index in [1.54, 1.807) is 12.1 Å². The molecule has 1 saturated heterocycles.